The molecule has 1 aromatic heterocycles. The van der Waals surface area contributed by atoms with Gasteiger partial charge >= 0.3 is 0 Å². The van der Waals surface area contributed by atoms with Gasteiger partial charge in [-0.05, 0) is 50.3 Å². The van der Waals surface area contributed by atoms with Gasteiger partial charge in [0.1, 0.15) is 0 Å². The van der Waals surface area contributed by atoms with E-state index >= 15 is 0 Å². The lowest BCUT2D eigenvalue weighted by molar-refractivity contribution is -0.114. The van der Waals surface area contributed by atoms with Crippen LogP contribution in [0.3, 0.4) is 0 Å². The van der Waals surface area contributed by atoms with Gasteiger partial charge in [0.25, 0.3) is 0 Å². The third-order valence-corrected chi connectivity index (χ3v) is 4.61. The van der Waals surface area contributed by atoms with Gasteiger partial charge in [-0.1, -0.05) is 29.8 Å². The van der Waals surface area contributed by atoms with Crippen LogP contribution in [0.1, 0.15) is 23.9 Å². The summed E-state index contributed by atoms with van der Waals surface area (Å²) in [6, 6.07) is 14.7. The number of carbonyl (C=O) groups excluding carboxylic acids is 2. The number of nitrogens with one attached hydrogen (secondary N) is 2. The maximum Gasteiger partial charge on any atom is 0.248 e. The lowest BCUT2D eigenvalue weighted by atomic mass is 10.2. The molecule has 0 unspecified atom stereocenters. The summed E-state index contributed by atoms with van der Waals surface area (Å²) in [5.74, 6) is -0.506. The molecule has 1 heterocycles. The van der Waals surface area contributed by atoms with E-state index in [1.165, 1.54) is 13.0 Å². The first-order valence-electron chi connectivity index (χ1n) is 9.03. The van der Waals surface area contributed by atoms with Crippen LogP contribution in [0.5, 0.6) is 0 Å². The third-order valence-electron chi connectivity index (χ3n) is 4.30. The van der Waals surface area contributed by atoms with Crippen molar-refractivity contribution >= 4 is 40.9 Å². The molecule has 7 heteroatoms. The van der Waals surface area contributed by atoms with E-state index < -0.39 is 0 Å². The molecule has 0 saturated carbocycles. The van der Waals surface area contributed by atoms with Gasteiger partial charge in [-0.2, -0.15) is 5.10 Å². The van der Waals surface area contributed by atoms with E-state index in [0.29, 0.717) is 16.4 Å². The Balaban J connectivity index is 1.74. The first kappa shape index (κ1) is 20.4. The zero-order valence-electron chi connectivity index (χ0n) is 16.4. The largest absolute Gasteiger partial charge is 0.325 e. The standard InChI is InChI=1S/C22H21ClN4O2/c1-14-19(15(2)27(26-14)18-7-5-4-6-8-18)10-12-22(29)25-17-9-11-21(20(23)13-17)24-16(3)28/h4-13H,1-3H3,(H,24,28)(H,25,29)/b12-10+. The van der Waals surface area contributed by atoms with Crippen molar-refractivity contribution in [2.75, 3.05) is 10.6 Å². The second kappa shape index (κ2) is 8.75. The highest BCUT2D eigenvalue weighted by Crippen LogP contribution is 2.25. The summed E-state index contributed by atoms with van der Waals surface area (Å²) in [7, 11) is 0. The average molecular weight is 409 g/mol. The number of nitrogens with zero attached hydrogens (tertiary/aromatic N) is 2. The molecule has 29 heavy (non-hydrogen) atoms. The van der Waals surface area contributed by atoms with Gasteiger partial charge in [0.15, 0.2) is 0 Å². The first-order chi connectivity index (χ1) is 13.8. The second-order valence-corrected chi connectivity index (χ2v) is 6.94. The van der Waals surface area contributed by atoms with E-state index in [4.69, 9.17) is 11.6 Å². The zero-order valence-corrected chi connectivity index (χ0v) is 17.1. The molecule has 0 aliphatic carbocycles. The number of hydrogen-bond donors (Lipinski definition) is 2. The summed E-state index contributed by atoms with van der Waals surface area (Å²) in [6.45, 7) is 5.27. The van der Waals surface area contributed by atoms with Gasteiger partial charge in [0.2, 0.25) is 11.8 Å². The predicted molar refractivity (Wildman–Crippen MR) is 116 cm³/mol. The van der Waals surface area contributed by atoms with Gasteiger partial charge in [-0.25, -0.2) is 4.68 Å². The van der Waals surface area contributed by atoms with Crippen molar-refractivity contribution < 1.29 is 9.59 Å². The average Bonchev–Trinajstić information content (AvgIpc) is 2.96. The van der Waals surface area contributed by atoms with E-state index in [1.54, 1.807) is 24.3 Å². The Morgan fingerprint density at radius 1 is 1.07 bits per heavy atom. The minimum Gasteiger partial charge on any atom is -0.325 e. The fourth-order valence-electron chi connectivity index (χ4n) is 2.94. The van der Waals surface area contributed by atoms with Crippen LogP contribution in [0, 0.1) is 13.8 Å². The van der Waals surface area contributed by atoms with Crippen LogP contribution in [0.25, 0.3) is 11.8 Å². The van der Waals surface area contributed by atoms with Crippen molar-refractivity contribution in [2.45, 2.75) is 20.8 Å². The topological polar surface area (TPSA) is 76.0 Å². The Labute approximate surface area is 174 Å². The smallest absolute Gasteiger partial charge is 0.248 e. The molecule has 2 aromatic carbocycles. The van der Waals surface area contributed by atoms with Gasteiger partial charge in [0.05, 0.1) is 22.1 Å². The van der Waals surface area contributed by atoms with Crippen LogP contribution in [0.4, 0.5) is 11.4 Å². The maximum atomic E-state index is 12.3. The maximum absolute atomic E-state index is 12.3. The summed E-state index contributed by atoms with van der Waals surface area (Å²) < 4.78 is 1.85. The van der Waals surface area contributed by atoms with E-state index in [9.17, 15) is 9.59 Å². The number of carbonyl (C=O) groups is 2. The first-order valence-corrected chi connectivity index (χ1v) is 9.41. The number of anilines is 2. The lowest BCUT2D eigenvalue weighted by Gasteiger charge is -2.08. The summed E-state index contributed by atoms with van der Waals surface area (Å²) >= 11 is 6.14. The highest BCUT2D eigenvalue weighted by Gasteiger charge is 2.11. The van der Waals surface area contributed by atoms with Gasteiger partial charge in [0, 0.05) is 29.9 Å². The number of hydrogen-bond acceptors (Lipinski definition) is 3. The molecule has 3 rings (SSSR count). The van der Waals surface area contributed by atoms with Crippen LogP contribution < -0.4 is 10.6 Å². The van der Waals surface area contributed by atoms with Gasteiger partial charge in [-0.15, -0.1) is 0 Å². The van der Waals surface area contributed by atoms with Crippen molar-refractivity contribution in [3.8, 4) is 5.69 Å². The molecule has 2 N–H and O–H groups in total. The van der Waals surface area contributed by atoms with Crippen molar-refractivity contribution in [2.24, 2.45) is 0 Å². The zero-order chi connectivity index (χ0) is 21.0. The number of para-hydroxylation sites is 1. The number of halogens is 1. The molecule has 0 radical (unpaired) electrons. The van der Waals surface area contributed by atoms with E-state index in [1.807, 2.05) is 48.9 Å². The van der Waals surface area contributed by atoms with E-state index in [0.717, 1.165) is 22.6 Å². The van der Waals surface area contributed by atoms with Gasteiger partial charge in [-0.3, -0.25) is 9.59 Å². The fourth-order valence-corrected chi connectivity index (χ4v) is 3.17. The molecule has 0 saturated heterocycles. The Morgan fingerprint density at radius 2 is 1.79 bits per heavy atom. The Morgan fingerprint density at radius 3 is 2.45 bits per heavy atom. The van der Waals surface area contributed by atoms with Crippen LogP contribution in [-0.4, -0.2) is 21.6 Å². The van der Waals surface area contributed by atoms with Crippen molar-refractivity contribution in [3.05, 3.63) is 76.6 Å². The molecule has 0 aliphatic rings. The monoisotopic (exact) mass is 408 g/mol. The SMILES string of the molecule is CC(=O)Nc1ccc(NC(=O)/C=C/c2c(C)nn(-c3ccccc3)c2C)cc1Cl. The molecule has 3 aromatic rings. The Kier molecular flexibility index (Phi) is 6.14. The van der Waals surface area contributed by atoms with Crippen molar-refractivity contribution in [3.63, 3.8) is 0 Å². The van der Waals surface area contributed by atoms with Crippen LogP contribution in [0.15, 0.2) is 54.6 Å². The highest BCUT2D eigenvalue weighted by molar-refractivity contribution is 6.34. The quantitative estimate of drug-likeness (QED) is 0.598. The predicted octanol–water partition coefficient (Wildman–Crippen LogP) is 4.75. The van der Waals surface area contributed by atoms with Crippen LogP contribution >= 0.6 is 11.6 Å². The number of aryl methyl sites for hydroxylation is 1. The summed E-state index contributed by atoms with van der Waals surface area (Å²) in [4.78, 5) is 23.5. The molecular formula is C22H21ClN4O2. The fraction of sp³-hybridized carbons (Fsp3) is 0.136. The minimum absolute atomic E-state index is 0.214. The molecular weight excluding hydrogens is 388 g/mol. The molecule has 0 aliphatic heterocycles. The summed E-state index contributed by atoms with van der Waals surface area (Å²) in [5.41, 5.74) is 4.66. The van der Waals surface area contributed by atoms with Gasteiger partial charge < -0.3 is 10.6 Å². The van der Waals surface area contributed by atoms with Crippen LogP contribution in [0.2, 0.25) is 5.02 Å². The lowest BCUT2D eigenvalue weighted by Crippen LogP contribution is -2.09. The molecule has 0 atom stereocenters. The third kappa shape index (κ3) is 4.92. The minimum atomic E-state index is -0.292. The molecule has 0 bridgehead atoms. The Bertz CT molecular complexity index is 1090. The summed E-state index contributed by atoms with van der Waals surface area (Å²) in [6.07, 6.45) is 3.21. The second-order valence-electron chi connectivity index (χ2n) is 6.53. The number of rotatable bonds is 5. The molecule has 148 valence electrons. The normalized spacial score (nSPS) is 10.9. The van der Waals surface area contributed by atoms with Crippen molar-refractivity contribution in [1.82, 2.24) is 9.78 Å². The number of amides is 2. The molecule has 2 amide bonds. The molecule has 6 nitrogen and oxygen atoms in total. The number of aromatic nitrogens is 2. The van der Waals surface area contributed by atoms with E-state index in [2.05, 4.69) is 15.7 Å². The highest BCUT2D eigenvalue weighted by atomic mass is 35.5. The molecule has 0 spiro atoms. The Hall–Kier alpha value is -3.38. The van der Waals surface area contributed by atoms with Crippen LogP contribution in [-0.2, 0) is 9.59 Å². The molecule has 0 fully saturated rings. The van der Waals surface area contributed by atoms with E-state index in [-0.39, 0.29) is 11.8 Å². The summed E-state index contributed by atoms with van der Waals surface area (Å²) in [5, 5.41) is 10.3. The van der Waals surface area contributed by atoms with Crippen molar-refractivity contribution in [1.29, 1.82) is 0 Å². The number of benzene rings is 2.